The molecule has 0 aromatic rings. The summed E-state index contributed by atoms with van der Waals surface area (Å²) >= 11 is 0. The molecule has 4 aliphatic carbocycles. The van der Waals surface area contributed by atoms with Gasteiger partial charge >= 0.3 is 0 Å². The fraction of sp³-hybridized carbons (Fsp3) is 0.765. The molecular formula is C17H22FN3O. The second-order valence-electron chi connectivity index (χ2n) is 7.63. The van der Waals surface area contributed by atoms with Crippen LogP contribution in [0.3, 0.4) is 0 Å². The Balaban J connectivity index is 1.40. The molecule has 0 spiro atoms. The first-order valence-corrected chi connectivity index (χ1v) is 8.35. The molecule has 118 valence electrons. The van der Waals surface area contributed by atoms with E-state index in [0.29, 0.717) is 5.92 Å². The maximum absolute atomic E-state index is 13.5. The summed E-state index contributed by atoms with van der Waals surface area (Å²) in [6.07, 6.45) is 7.41. The number of allylic oxidation sites excluding steroid dienone is 1. The number of carbonyl (C=O) groups excluding carboxylic acids is 1. The molecule has 1 amide bonds. The molecule has 4 nitrogen and oxygen atoms in total. The van der Waals surface area contributed by atoms with Crippen molar-refractivity contribution in [2.24, 2.45) is 11.8 Å². The molecule has 4 bridgehead atoms. The number of nitrogens with zero attached hydrogens (tertiary/aromatic N) is 2. The van der Waals surface area contributed by atoms with E-state index in [1.54, 1.807) is 5.57 Å². The Morgan fingerprint density at radius 2 is 2.36 bits per heavy atom. The van der Waals surface area contributed by atoms with Gasteiger partial charge in [0.15, 0.2) is 0 Å². The zero-order valence-electron chi connectivity index (χ0n) is 12.7. The molecule has 5 unspecified atom stereocenters. The molecule has 22 heavy (non-hydrogen) atoms. The zero-order valence-corrected chi connectivity index (χ0v) is 12.7. The number of carbonyl (C=O) groups is 1. The molecule has 1 N–H and O–H groups in total. The average molecular weight is 303 g/mol. The van der Waals surface area contributed by atoms with E-state index in [2.05, 4.69) is 11.4 Å². The number of hydrogen-bond donors (Lipinski definition) is 1. The Kier molecular flexibility index (Phi) is 3.26. The summed E-state index contributed by atoms with van der Waals surface area (Å²) in [5.74, 6) is 1.31. The van der Waals surface area contributed by atoms with E-state index < -0.39 is 12.2 Å². The minimum atomic E-state index is -1.06. The highest BCUT2D eigenvalue weighted by molar-refractivity contribution is 5.79. The summed E-state index contributed by atoms with van der Waals surface area (Å²) in [5.41, 5.74) is 1.63. The van der Waals surface area contributed by atoms with E-state index in [4.69, 9.17) is 5.26 Å². The largest absolute Gasteiger partial charge is 0.323 e. The Labute approximate surface area is 130 Å². The predicted molar refractivity (Wildman–Crippen MR) is 79.5 cm³/mol. The fourth-order valence-corrected chi connectivity index (χ4v) is 5.25. The number of nitrogens with one attached hydrogen (secondary N) is 1. The van der Waals surface area contributed by atoms with Crippen molar-refractivity contribution in [3.8, 4) is 6.07 Å². The van der Waals surface area contributed by atoms with Gasteiger partial charge in [-0.2, -0.15) is 5.26 Å². The van der Waals surface area contributed by atoms with Crippen LogP contribution in [0.25, 0.3) is 0 Å². The van der Waals surface area contributed by atoms with Crippen LogP contribution in [-0.4, -0.2) is 41.6 Å². The smallest absolute Gasteiger partial charge is 0.237 e. The highest BCUT2D eigenvalue weighted by Crippen LogP contribution is 2.52. The number of rotatable bonds is 3. The van der Waals surface area contributed by atoms with Crippen LogP contribution in [-0.2, 0) is 4.79 Å². The van der Waals surface area contributed by atoms with E-state index in [0.717, 1.165) is 25.2 Å². The van der Waals surface area contributed by atoms with Crippen LogP contribution in [0.1, 0.15) is 38.5 Å². The molecule has 1 heterocycles. The van der Waals surface area contributed by atoms with E-state index >= 15 is 0 Å². The number of halogens is 1. The fourth-order valence-electron chi connectivity index (χ4n) is 5.25. The first-order chi connectivity index (χ1) is 10.6. The van der Waals surface area contributed by atoms with Gasteiger partial charge in [0.2, 0.25) is 5.91 Å². The van der Waals surface area contributed by atoms with Gasteiger partial charge in [0, 0.05) is 12.0 Å². The maximum Gasteiger partial charge on any atom is 0.237 e. The molecule has 3 fully saturated rings. The Bertz CT molecular complexity index is 569. The molecule has 0 aromatic heterocycles. The highest BCUT2D eigenvalue weighted by Gasteiger charge is 2.47. The van der Waals surface area contributed by atoms with Gasteiger partial charge in [0.1, 0.15) is 12.2 Å². The van der Waals surface area contributed by atoms with Crippen molar-refractivity contribution in [2.75, 3.05) is 13.1 Å². The van der Waals surface area contributed by atoms with Crippen molar-refractivity contribution >= 4 is 5.91 Å². The number of alkyl halides is 1. The van der Waals surface area contributed by atoms with Crippen molar-refractivity contribution in [3.05, 3.63) is 11.6 Å². The van der Waals surface area contributed by atoms with Crippen molar-refractivity contribution < 1.29 is 9.18 Å². The molecule has 5 rings (SSSR count). The highest BCUT2D eigenvalue weighted by atomic mass is 19.1. The van der Waals surface area contributed by atoms with Crippen LogP contribution in [0.5, 0.6) is 0 Å². The zero-order chi connectivity index (χ0) is 15.3. The van der Waals surface area contributed by atoms with Gasteiger partial charge < -0.3 is 10.2 Å². The first kappa shape index (κ1) is 14.2. The summed E-state index contributed by atoms with van der Waals surface area (Å²) in [6, 6.07) is 1.45. The number of hydrogen-bond acceptors (Lipinski definition) is 3. The summed E-state index contributed by atoms with van der Waals surface area (Å²) in [5, 5.41) is 12.6. The molecule has 5 atom stereocenters. The molecular weight excluding hydrogens is 281 g/mol. The van der Waals surface area contributed by atoms with Gasteiger partial charge in [-0.25, -0.2) is 4.39 Å². The standard InChI is InChI=1S/C17H22FN3O/c18-14-4-15(8-19)21(10-14)16(22)9-20-17-5-11-1-12(6-17)3-13(2-11)7-17/h1,11,13-15,20H,2-7,9-10H2. The Hall–Kier alpha value is -1.41. The Morgan fingerprint density at radius 1 is 1.50 bits per heavy atom. The van der Waals surface area contributed by atoms with Crippen LogP contribution < -0.4 is 5.32 Å². The minimum Gasteiger partial charge on any atom is -0.323 e. The molecule has 0 radical (unpaired) electrons. The SMILES string of the molecule is N#CC1CC(F)CN1C(=O)CNC12CC3=CC(CC(C3)C1)C2. The maximum atomic E-state index is 13.5. The second kappa shape index (κ2) is 5.06. The molecule has 1 saturated heterocycles. The van der Waals surface area contributed by atoms with Gasteiger partial charge in [-0.15, -0.1) is 0 Å². The van der Waals surface area contributed by atoms with Crippen LogP contribution in [0.2, 0.25) is 0 Å². The van der Waals surface area contributed by atoms with Crippen LogP contribution in [0, 0.1) is 23.2 Å². The minimum absolute atomic E-state index is 0.0716. The lowest BCUT2D eigenvalue weighted by Gasteiger charge is -2.53. The van der Waals surface area contributed by atoms with Crippen molar-refractivity contribution in [2.45, 2.75) is 56.3 Å². The number of likely N-dealkylation sites (tertiary alicyclic amines) is 1. The third kappa shape index (κ3) is 2.34. The second-order valence-corrected chi connectivity index (χ2v) is 7.63. The third-order valence-corrected chi connectivity index (χ3v) is 5.89. The quantitative estimate of drug-likeness (QED) is 0.811. The van der Waals surface area contributed by atoms with Crippen LogP contribution in [0.15, 0.2) is 11.6 Å². The molecule has 1 aliphatic heterocycles. The van der Waals surface area contributed by atoms with Gasteiger partial charge in [0.05, 0.1) is 19.2 Å². The molecule has 5 heteroatoms. The van der Waals surface area contributed by atoms with Gasteiger partial charge in [0.25, 0.3) is 0 Å². The summed E-state index contributed by atoms with van der Waals surface area (Å²) < 4.78 is 13.5. The van der Waals surface area contributed by atoms with Crippen LogP contribution in [0.4, 0.5) is 4.39 Å². The van der Waals surface area contributed by atoms with Crippen molar-refractivity contribution in [1.82, 2.24) is 10.2 Å². The van der Waals surface area contributed by atoms with Crippen molar-refractivity contribution in [3.63, 3.8) is 0 Å². The van der Waals surface area contributed by atoms with E-state index in [9.17, 15) is 9.18 Å². The average Bonchev–Trinajstić information content (AvgIpc) is 2.85. The predicted octanol–water partition coefficient (Wildman–Crippen LogP) is 1.93. The lowest BCUT2D eigenvalue weighted by molar-refractivity contribution is -0.131. The van der Waals surface area contributed by atoms with Gasteiger partial charge in [-0.3, -0.25) is 4.79 Å². The lowest BCUT2D eigenvalue weighted by Crippen LogP contribution is -2.57. The molecule has 0 aromatic carbocycles. The Morgan fingerprint density at radius 3 is 3.09 bits per heavy atom. The molecule has 5 aliphatic rings. The normalized spacial score (nSPS) is 42.4. The number of amides is 1. The van der Waals surface area contributed by atoms with E-state index in [-0.39, 0.29) is 31.0 Å². The summed E-state index contributed by atoms with van der Waals surface area (Å²) in [7, 11) is 0. The monoisotopic (exact) mass is 303 g/mol. The summed E-state index contributed by atoms with van der Waals surface area (Å²) in [4.78, 5) is 13.8. The van der Waals surface area contributed by atoms with Crippen LogP contribution >= 0.6 is 0 Å². The van der Waals surface area contributed by atoms with Gasteiger partial charge in [-0.05, 0) is 43.9 Å². The molecule has 2 saturated carbocycles. The number of nitriles is 1. The van der Waals surface area contributed by atoms with Gasteiger partial charge in [-0.1, -0.05) is 11.6 Å². The summed E-state index contributed by atoms with van der Waals surface area (Å²) in [6.45, 7) is 0.305. The van der Waals surface area contributed by atoms with E-state index in [1.807, 2.05) is 6.07 Å². The lowest BCUT2D eigenvalue weighted by atomic mass is 9.57. The topological polar surface area (TPSA) is 56.1 Å². The van der Waals surface area contributed by atoms with Crippen molar-refractivity contribution in [1.29, 1.82) is 5.26 Å². The van der Waals surface area contributed by atoms with E-state index in [1.165, 1.54) is 17.7 Å². The first-order valence-electron chi connectivity index (χ1n) is 8.35. The third-order valence-electron chi connectivity index (χ3n) is 5.89.